The van der Waals surface area contributed by atoms with E-state index in [0.29, 0.717) is 17.2 Å². The molecule has 1 saturated heterocycles. The first-order valence-electron chi connectivity index (χ1n) is 9.76. The standard InChI is InChI=1S/C21H25ClFN3O2S2/c1-4-15-13(2)30-19(18(15)20(27)28-3)24-21(29)26-9-7-25(8-10-26)12-14-5-6-17(23)16(22)11-14/h5-6,11H,4,7-10,12H2,1-3H3,(H,24,29). The maximum Gasteiger partial charge on any atom is 0.341 e. The zero-order chi connectivity index (χ0) is 21.8. The van der Waals surface area contributed by atoms with E-state index >= 15 is 0 Å². The lowest BCUT2D eigenvalue weighted by Gasteiger charge is -2.36. The van der Waals surface area contributed by atoms with Crippen molar-refractivity contribution in [3.63, 3.8) is 0 Å². The minimum absolute atomic E-state index is 0.149. The molecule has 5 nitrogen and oxygen atoms in total. The molecule has 1 aromatic heterocycles. The Morgan fingerprint density at radius 3 is 2.63 bits per heavy atom. The van der Waals surface area contributed by atoms with E-state index < -0.39 is 5.82 Å². The Morgan fingerprint density at radius 1 is 1.33 bits per heavy atom. The number of rotatable bonds is 5. The lowest BCUT2D eigenvalue weighted by atomic mass is 10.1. The summed E-state index contributed by atoms with van der Waals surface area (Å²) in [6, 6.07) is 4.84. The summed E-state index contributed by atoms with van der Waals surface area (Å²) in [6.07, 6.45) is 0.757. The highest BCUT2D eigenvalue weighted by Gasteiger charge is 2.25. The number of anilines is 1. The van der Waals surface area contributed by atoms with Crippen LogP contribution in [-0.4, -0.2) is 54.2 Å². The lowest BCUT2D eigenvalue weighted by Crippen LogP contribution is -2.49. The number of ether oxygens (including phenoxy) is 1. The van der Waals surface area contributed by atoms with E-state index in [1.807, 2.05) is 13.8 Å². The number of thiocarbonyl (C=S) groups is 1. The molecule has 2 heterocycles. The van der Waals surface area contributed by atoms with Crippen LogP contribution in [0.5, 0.6) is 0 Å². The van der Waals surface area contributed by atoms with Crippen LogP contribution in [0.25, 0.3) is 0 Å². The number of nitrogens with one attached hydrogen (secondary N) is 1. The van der Waals surface area contributed by atoms with Gasteiger partial charge in [0.2, 0.25) is 0 Å². The van der Waals surface area contributed by atoms with Gasteiger partial charge in [0.1, 0.15) is 10.8 Å². The molecule has 2 aromatic rings. The summed E-state index contributed by atoms with van der Waals surface area (Å²) in [5, 5.41) is 4.76. The summed E-state index contributed by atoms with van der Waals surface area (Å²) in [4.78, 5) is 17.8. The van der Waals surface area contributed by atoms with Gasteiger partial charge in [-0.2, -0.15) is 0 Å². The van der Waals surface area contributed by atoms with Crippen LogP contribution < -0.4 is 5.32 Å². The van der Waals surface area contributed by atoms with Crippen LogP contribution >= 0.6 is 35.2 Å². The number of benzene rings is 1. The van der Waals surface area contributed by atoms with Gasteiger partial charge in [-0.15, -0.1) is 11.3 Å². The smallest absolute Gasteiger partial charge is 0.341 e. The van der Waals surface area contributed by atoms with Crippen LogP contribution in [0, 0.1) is 12.7 Å². The third-order valence-electron chi connectivity index (χ3n) is 5.22. The van der Waals surface area contributed by atoms with Gasteiger partial charge in [0.05, 0.1) is 17.7 Å². The molecule has 1 aliphatic rings. The molecule has 0 amide bonds. The molecule has 1 aromatic carbocycles. The van der Waals surface area contributed by atoms with Crippen LogP contribution in [0.3, 0.4) is 0 Å². The molecule has 30 heavy (non-hydrogen) atoms. The van der Waals surface area contributed by atoms with Gasteiger partial charge < -0.3 is 15.0 Å². The van der Waals surface area contributed by atoms with Crippen molar-refractivity contribution in [2.24, 2.45) is 0 Å². The van der Waals surface area contributed by atoms with E-state index in [0.717, 1.165) is 53.6 Å². The fraction of sp³-hybridized carbons (Fsp3) is 0.429. The monoisotopic (exact) mass is 469 g/mol. The number of piperazine rings is 1. The molecule has 1 N–H and O–H groups in total. The predicted molar refractivity (Wildman–Crippen MR) is 124 cm³/mol. The molecule has 1 fully saturated rings. The number of hydrogen-bond acceptors (Lipinski definition) is 5. The molecule has 162 valence electrons. The van der Waals surface area contributed by atoms with Gasteiger partial charge in [-0.3, -0.25) is 4.90 Å². The Kier molecular flexibility index (Phi) is 7.68. The van der Waals surface area contributed by atoms with Gasteiger partial charge in [-0.1, -0.05) is 24.6 Å². The summed E-state index contributed by atoms with van der Waals surface area (Å²) in [7, 11) is 1.39. The number of carbonyl (C=O) groups is 1. The number of carbonyl (C=O) groups excluding carboxylic acids is 1. The normalized spacial score (nSPS) is 14.6. The van der Waals surface area contributed by atoms with Gasteiger partial charge in [0, 0.05) is 37.6 Å². The van der Waals surface area contributed by atoms with Crippen LogP contribution in [0.2, 0.25) is 5.02 Å². The maximum absolute atomic E-state index is 13.3. The van der Waals surface area contributed by atoms with Crippen molar-refractivity contribution in [3.8, 4) is 0 Å². The van der Waals surface area contributed by atoms with Gasteiger partial charge in [0.15, 0.2) is 5.11 Å². The summed E-state index contributed by atoms with van der Waals surface area (Å²) in [5.41, 5.74) is 2.57. The van der Waals surface area contributed by atoms with E-state index in [1.165, 1.54) is 24.5 Å². The number of thiophene rings is 1. The van der Waals surface area contributed by atoms with Crippen molar-refractivity contribution in [2.45, 2.75) is 26.8 Å². The number of hydrogen-bond donors (Lipinski definition) is 1. The first-order valence-corrected chi connectivity index (χ1v) is 11.4. The van der Waals surface area contributed by atoms with E-state index in [1.54, 1.807) is 12.1 Å². The predicted octanol–water partition coefficient (Wildman–Crippen LogP) is 4.71. The molecule has 0 unspecified atom stereocenters. The number of halogens is 2. The van der Waals surface area contributed by atoms with Gasteiger partial charge in [-0.05, 0) is 48.8 Å². The Hall–Kier alpha value is -1.74. The van der Waals surface area contributed by atoms with E-state index in [9.17, 15) is 9.18 Å². The topological polar surface area (TPSA) is 44.8 Å². The van der Waals surface area contributed by atoms with Gasteiger partial charge in [-0.25, -0.2) is 9.18 Å². The van der Waals surface area contributed by atoms with Gasteiger partial charge in [0.25, 0.3) is 0 Å². The van der Waals surface area contributed by atoms with Gasteiger partial charge >= 0.3 is 5.97 Å². The molecule has 0 atom stereocenters. The molecule has 0 spiro atoms. The summed E-state index contributed by atoms with van der Waals surface area (Å²) in [6.45, 7) is 7.92. The largest absolute Gasteiger partial charge is 0.465 e. The lowest BCUT2D eigenvalue weighted by molar-refractivity contribution is 0.0601. The van der Waals surface area contributed by atoms with E-state index in [4.69, 9.17) is 28.6 Å². The van der Waals surface area contributed by atoms with Crippen molar-refractivity contribution < 1.29 is 13.9 Å². The van der Waals surface area contributed by atoms with Crippen molar-refractivity contribution in [1.82, 2.24) is 9.80 Å². The van der Waals surface area contributed by atoms with Crippen LogP contribution in [0.1, 0.15) is 33.3 Å². The minimum Gasteiger partial charge on any atom is -0.465 e. The molecular formula is C21H25ClFN3O2S2. The summed E-state index contributed by atoms with van der Waals surface area (Å²) >= 11 is 13.0. The zero-order valence-electron chi connectivity index (χ0n) is 17.3. The first kappa shape index (κ1) is 22.9. The third kappa shape index (κ3) is 5.11. The van der Waals surface area contributed by atoms with E-state index in [2.05, 4.69) is 15.1 Å². The highest BCUT2D eigenvalue weighted by Crippen LogP contribution is 2.34. The Labute approximate surface area is 190 Å². The number of aryl methyl sites for hydroxylation is 1. The molecular weight excluding hydrogens is 445 g/mol. The molecule has 0 aliphatic carbocycles. The van der Waals surface area contributed by atoms with Crippen molar-refractivity contribution >= 4 is 51.2 Å². The Balaban J connectivity index is 1.61. The second-order valence-electron chi connectivity index (χ2n) is 7.13. The number of nitrogens with zero attached hydrogens (tertiary/aromatic N) is 2. The van der Waals surface area contributed by atoms with Crippen LogP contribution in [-0.2, 0) is 17.7 Å². The molecule has 9 heteroatoms. The fourth-order valence-electron chi connectivity index (χ4n) is 3.59. The Bertz CT molecular complexity index is 943. The molecule has 1 aliphatic heterocycles. The van der Waals surface area contributed by atoms with Crippen molar-refractivity contribution in [1.29, 1.82) is 0 Å². The highest BCUT2D eigenvalue weighted by molar-refractivity contribution is 7.80. The summed E-state index contributed by atoms with van der Waals surface area (Å²) < 4.78 is 18.3. The summed E-state index contributed by atoms with van der Waals surface area (Å²) in [5.74, 6) is -0.743. The van der Waals surface area contributed by atoms with Crippen LogP contribution in [0.4, 0.5) is 9.39 Å². The average Bonchev–Trinajstić information content (AvgIpc) is 3.05. The number of esters is 1. The zero-order valence-corrected chi connectivity index (χ0v) is 19.6. The van der Waals surface area contributed by atoms with Crippen LogP contribution in [0.15, 0.2) is 18.2 Å². The average molecular weight is 470 g/mol. The first-order chi connectivity index (χ1) is 14.3. The fourth-order valence-corrected chi connectivity index (χ4v) is 5.28. The number of methoxy groups -OCH3 is 1. The van der Waals surface area contributed by atoms with Crippen molar-refractivity contribution in [2.75, 3.05) is 38.6 Å². The third-order valence-corrected chi connectivity index (χ3v) is 6.94. The highest BCUT2D eigenvalue weighted by atomic mass is 35.5. The SMILES string of the molecule is CCc1c(C)sc(NC(=S)N2CCN(Cc3ccc(F)c(Cl)c3)CC2)c1C(=O)OC. The van der Waals surface area contributed by atoms with Crippen molar-refractivity contribution in [3.05, 3.63) is 50.6 Å². The second kappa shape index (κ2) is 10.0. The Morgan fingerprint density at radius 2 is 2.03 bits per heavy atom. The quantitative estimate of drug-likeness (QED) is 0.505. The molecule has 0 saturated carbocycles. The maximum atomic E-state index is 13.3. The second-order valence-corrected chi connectivity index (χ2v) is 9.15. The molecule has 3 rings (SSSR count). The molecule has 0 radical (unpaired) electrons. The molecule has 0 bridgehead atoms. The van der Waals surface area contributed by atoms with E-state index in [-0.39, 0.29) is 11.0 Å². The minimum atomic E-state index is -0.400.